The molecule has 1 aliphatic heterocycles. The second kappa shape index (κ2) is 7.29. The van der Waals surface area contributed by atoms with Gasteiger partial charge in [-0.2, -0.15) is 0 Å². The second-order valence-electron chi connectivity index (χ2n) is 6.81. The average Bonchev–Trinajstić information content (AvgIpc) is 2.63. The van der Waals surface area contributed by atoms with E-state index >= 15 is 0 Å². The molecule has 0 aromatic heterocycles. The van der Waals surface area contributed by atoms with Gasteiger partial charge in [0.1, 0.15) is 0 Å². The van der Waals surface area contributed by atoms with Crippen LogP contribution in [-0.4, -0.2) is 34.5 Å². The third kappa shape index (κ3) is 3.92. The van der Waals surface area contributed by atoms with Crippen molar-refractivity contribution in [3.8, 4) is 0 Å². The van der Waals surface area contributed by atoms with Crippen LogP contribution >= 0.6 is 0 Å². The molecule has 0 radical (unpaired) electrons. The summed E-state index contributed by atoms with van der Waals surface area (Å²) >= 11 is 0. The predicted molar refractivity (Wildman–Crippen MR) is 96.0 cm³/mol. The maximum atomic E-state index is 12.4. The monoisotopic (exact) mass is 323 g/mol. The minimum absolute atomic E-state index is 0.0302. The highest BCUT2D eigenvalue weighted by atomic mass is 16.3. The molecule has 1 heterocycles. The summed E-state index contributed by atoms with van der Waals surface area (Å²) in [7, 11) is 0. The molecular weight excluding hydrogens is 298 g/mol. The molecule has 126 valence electrons. The van der Waals surface area contributed by atoms with Gasteiger partial charge in [0.2, 0.25) is 0 Å². The molecule has 2 aromatic rings. The van der Waals surface area contributed by atoms with Gasteiger partial charge in [-0.05, 0) is 25.3 Å². The van der Waals surface area contributed by atoms with Crippen molar-refractivity contribution in [2.75, 3.05) is 13.1 Å². The topological polar surface area (TPSA) is 40.5 Å². The standard InChI is InChI=1S/C21H25NO2/c1-17(18-8-4-2-5-9-18)22-14-12-21(24,13-15-22)16-20(23)19-10-6-3-7-11-19/h2-11,17,24H,12-16H2,1H3/t17-/m0/s1. The lowest BCUT2D eigenvalue weighted by atomic mass is 9.84. The number of ketones is 1. The molecular formula is C21H25NO2. The highest BCUT2D eigenvalue weighted by molar-refractivity contribution is 5.96. The van der Waals surface area contributed by atoms with Gasteiger partial charge in [-0.15, -0.1) is 0 Å². The molecule has 1 atom stereocenters. The molecule has 1 saturated heterocycles. The van der Waals surface area contributed by atoms with E-state index in [1.54, 1.807) is 0 Å². The van der Waals surface area contributed by atoms with Crippen LogP contribution < -0.4 is 0 Å². The zero-order chi connectivity index (χ0) is 17.0. The molecule has 2 aromatic carbocycles. The predicted octanol–water partition coefficient (Wildman–Crippen LogP) is 3.85. The summed E-state index contributed by atoms with van der Waals surface area (Å²) in [5.74, 6) is 0.0302. The Morgan fingerprint density at radius 1 is 1.04 bits per heavy atom. The smallest absolute Gasteiger partial charge is 0.165 e. The summed E-state index contributed by atoms with van der Waals surface area (Å²) in [6.07, 6.45) is 1.50. The van der Waals surface area contributed by atoms with Crippen molar-refractivity contribution < 1.29 is 9.90 Å². The zero-order valence-corrected chi connectivity index (χ0v) is 14.2. The van der Waals surface area contributed by atoms with E-state index in [1.807, 2.05) is 36.4 Å². The lowest BCUT2D eigenvalue weighted by Crippen LogP contribution is -2.46. The summed E-state index contributed by atoms with van der Waals surface area (Å²) in [6, 6.07) is 20.0. The minimum atomic E-state index is -0.875. The molecule has 0 unspecified atom stereocenters. The van der Waals surface area contributed by atoms with Gasteiger partial charge >= 0.3 is 0 Å². The van der Waals surface area contributed by atoms with Crippen molar-refractivity contribution in [2.45, 2.75) is 37.8 Å². The fraction of sp³-hybridized carbons (Fsp3) is 0.381. The molecule has 0 amide bonds. The Labute approximate surface area is 143 Å². The van der Waals surface area contributed by atoms with Gasteiger partial charge in [0.05, 0.1) is 5.60 Å². The molecule has 3 rings (SSSR count). The maximum absolute atomic E-state index is 12.4. The van der Waals surface area contributed by atoms with Crippen molar-refractivity contribution in [2.24, 2.45) is 0 Å². The van der Waals surface area contributed by atoms with Crippen molar-refractivity contribution in [1.29, 1.82) is 0 Å². The molecule has 1 fully saturated rings. The summed E-state index contributed by atoms with van der Waals surface area (Å²) in [5.41, 5.74) is 1.11. The highest BCUT2D eigenvalue weighted by Gasteiger charge is 2.35. The molecule has 0 spiro atoms. The van der Waals surface area contributed by atoms with Gasteiger partial charge in [0.25, 0.3) is 0 Å². The number of carbonyl (C=O) groups is 1. The van der Waals surface area contributed by atoms with E-state index in [9.17, 15) is 9.90 Å². The van der Waals surface area contributed by atoms with E-state index in [2.05, 4.69) is 36.1 Å². The summed E-state index contributed by atoms with van der Waals surface area (Å²) in [6.45, 7) is 3.83. The Morgan fingerprint density at radius 3 is 2.17 bits per heavy atom. The van der Waals surface area contributed by atoms with Crippen molar-refractivity contribution in [3.05, 3.63) is 71.8 Å². The van der Waals surface area contributed by atoms with Crippen molar-refractivity contribution in [1.82, 2.24) is 4.90 Å². The quantitative estimate of drug-likeness (QED) is 0.850. The largest absolute Gasteiger partial charge is 0.389 e. The van der Waals surface area contributed by atoms with Crippen LogP contribution in [0.15, 0.2) is 60.7 Å². The van der Waals surface area contributed by atoms with Gasteiger partial charge < -0.3 is 5.11 Å². The van der Waals surface area contributed by atoms with E-state index in [0.29, 0.717) is 24.4 Å². The number of rotatable bonds is 5. The Balaban J connectivity index is 1.58. The highest BCUT2D eigenvalue weighted by Crippen LogP contribution is 2.31. The van der Waals surface area contributed by atoms with Crippen molar-refractivity contribution in [3.63, 3.8) is 0 Å². The Morgan fingerprint density at radius 2 is 1.58 bits per heavy atom. The SMILES string of the molecule is C[C@@H](c1ccccc1)N1CCC(O)(CC(=O)c2ccccc2)CC1. The molecule has 1 N–H and O–H groups in total. The van der Waals surface area contributed by atoms with Gasteiger partial charge in [-0.25, -0.2) is 0 Å². The van der Waals surface area contributed by atoms with E-state index in [-0.39, 0.29) is 12.2 Å². The average molecular weight is 323 g/mol. The van der Waals surface area contributed by atoms with Crippen LogP contribution in [0.2, 0.25) is 0 Å². The van der Waals surface area contributed by atoms with Gasteiger partial charge in [0, 0.05) is 31.1 Å². The first-order valence-corrected chi connectivity index (χ1v) is 8.67. The van der Waals surface area contributed by atoms with Crippen LogP contribution in [0.4, 0.5) is 0 Å². The number of hydrogen-bond acceptors (Lipinski definition) is 3. The van der Waals surface area contributed by atoms with Gasteiger partial charge in [0.15, 0.2) is 5.78 Å². The molecule has 1 aliphatic rings. The maximum Gasteiger partial charge on any atom is 0.165 e. The van der Waals surface area contributed by atoms with Gasteiger partial charge in [-0.3, -0.25) is 9.69 Å². The molecule has 24 heavy (non-hydrogen) atoms. The number of nitrogens with zero attached hydrogens (tertiary/aromatic N) is 1. The van der Waals surface area contributed by atoms with Crippen LogP contribution in [-0.2, 0) is 0 Å². The van der Waals surface area contributed by atoms with Crippen LogP contribution in [0, 0.1) is 0 Å². The number of carbonyl (C=O) groups excluding carboxylic acids is 1. The first-order valence-electron chi connectivity index (χ1n) is 8.67. The minimum Gasteiger partial charge on any atom is -0.389 e. The van der Waals surface area contributed by atoms with Crippen LogP contribution in [0.25, 0.3) is 0 Å². The second-order valence-corrected chi connectivity index (χ2v) is 6.81. The lowest BCUT2D eigenvalue weighted by molar-refractivity contribution is -0.0303. The first-order chi connectivity index (χ1) is 11.6. The summed E-state index contributed by atoms with van der Waals surface area (Å²) in [4.78, 5) is 14.8. The van der Waals surface area contributed by atoms with Crippen LogP contribution in [0.5, 0.6) is 0 Å². The fourth-order valence-corrected chi connectivity index (χ4v) is 3.47. The fourth-order valence-electron chi connectivity index (χ4n) is 3.47. The Kier molecular flexibility index (Phi) is 5.12. The molecule has 3 heteroatoms. The Bertz CT molecular complexity index is 661. The van der Waals surface area contributed by atoms with Crippen LogP contribution in [0.3, 0.4) is 0 Å². The van der Waals surface area contributed by atoms with E-state index in [1.165, 1.54) is 5.56 Å². The summed E-state index contributed by atoms with van der Waals surface area (Å²) in [5, 5.41) is 10.8. The zero-order valence-electron chi connectivity index (χ0n) is 14.2. The number of benzene rings is 2. The van der Waals surface area contributed by atoms with E-state index in [4.69, 9.17) is 0 Å². The lowest BCUT2D eigenvalue weighted by Gasteiger charge is -2.40. The molecule has 0 saturated carbocycles. The number of likely N-dealkylation sites (tertiary alicyclic amines) is 1. The third-order valence-electron chi connectivity index (χ3n) is 5.14. The Hall–Kier alpha value is -1.97. The van der Waals surface area contributed by atoms with Crippen LogP contribution in [0.1, 0.15) is 48.1 Å². The van der Waals surface area contributed by atoms with Gasteiger partial charge in [-0.1, -0.05) is 60.7 Å². The number of hydrogen-bond donors (Lipinski definition) is 1. The summed E-state index contributed by atoms with van der Waals surface area (Å²) < 4.78 is 0. The normalized spacial score (nSPS) is 18.9. The third-order valence-corrected chi connectivity index (χ3v) is 5.14. The number of Topliss-reactive ketones (excluding diaryl/α,β-unsaturated/α-hetero) is 1. The molecule has 0 bridgehead atoms. The van der Waals surface area contributed by atoms with Crippen molar-refractivity contribution >= 4 is 5.78 Å². The van der Waals surface area contributed by atoms with E-state index in [0.717, 1.165) is 13.1 Å². The first kappa shape index (κ1) is 16.9. The number of piperidine rings is 1. The molecule has 3 nitrogen and oxygen atoms in total. The molecule has 0 aliphatic carbocycles. The van der Waals surface area contributed by atoms with E-state index < -0.39 is 5.60 Å². The number of aliphatic hydroxyl groups is 1.